The molecule has 0 bridgehead atoms. The molecule has 0 saturated carbocycles. The first-order valence-electron chi connectivity index (χ1n) is 7.28. The number of carboxylic acid groups (broad SMARTS) is 1. The molecule has 0 atom stereocenters. The quantitative estimate of drug-likeness (QED) is 0.883. The summed E-state index contributed by atoms with van der Waals surface area (Å²) in [4.78, 5) is 26.7. The predicted molar refractivity (Wildman–Crippen MR) is 85.8 cm³/mol. The second kappa shape index (κ2) is 6.60. The monoisotopic (exact) mass is 316 g/mol. The molecular formula is C16H20N4O3. The molecule has 2 aromatic rings. The summed E-state index contributed by atoms with van der Waals surface area (Å²) in [5.41, 5.74) is 1.21. The van der Waals surface area contributed by atoms with E-state index in [-0.39, 0.29) is 12.3 Å². The van der Waals surface area contributed by atoms with Crippen LogP contribution in [0.15, 0.2) is 30.7 Å². The molecule has 0 fully saturated rings. The van der Waals surface area contributed by atoms with Crippen molar-refractivity contribution in [3.8, 4) is 11.1 Å². The van der Waals surface area contributed by atoms with E-state index in [1.54, 1.807) is 29.3 Å². The second-order valence-corrected chi connectivity index (χ2v) is 6.27. The molecule has 0 spiro atoms. The van der Waals surface area contributed by atoms with Crippen LogP contribution in [0.3, 0.4) is 0 Å². The zero-order chi connectivity index (χ0) is 17.0. The third-order valence-corrected chi connectivity index (χ3v) is 3.21. The minimum Gasteiger partial charge on any atom is -0.481 e. The van der Waals surface area contributed by atoms with Gasteiger partial charge in [0.2, 0.25) is 5.91 Å². The maximum atomic E-state index is 11.9. The Morgan fingerprint density at radius 1 is 1.22 bits per heavy atom. The number of anilines is 1. The molecule has 0 saturated heterocycles. The van der Waals surface area contributed by atoms with Crippen LogP contribution < -0.4 is 5.32 Å². The van der Waals surface area contributed by atoms with Gasteiger partial charge in [0, 0.05) is 28.9 Å². The van der Waals surface area contributed by atoms with E-state index >= 15 is 0 Å². The van der Waals surface area contributed by atoms with Gasteiger partial charge in [0.15, 0.2) is 0 Å². The number of aromatic nitrogens is 3. The highest BCUT2D eigenvalue weighted by molar-refractivity contribution is 5.93. The number of carboxylic acids is 1. The van der Waals surface area contributed by atoms with Crippen molar-refractivity contribution in [3.05, 3.63) is 30.7 Å². The maximum Gasteiger partial charge on any atom is 0.305 e. The van der Waals surface area contributed by atoms with Gasteiger partial charge >= 0.3 is 5.97 Å². The van der Waals surface area contributed by atoms with E-state index in [1.807, 2.05) is 26.8 Å². The van der Waals surface area contributed by atoms with E-state index in [2.05, 4.69) is 15.4 Å². The number of nitrogens with one attached hydrogen (secondary N) is 1. The van der Waals surface area contributed by atoms with Crippen LogP contribution in [0, 0.1) is 5.41 Å². The van der Waals surface area contributed by atoms with Gasteiger partial charge in [-0.1, -0.05) is 20.8 Å². The lowest BCUT2D eigenvalue weighted by atomic mass is 9.96. The lowest BCUT2D eigenvalue weighted by Gasteiger charge is -2.17. The molecule has 0 aromatic carbocycles. The van der Waals surface area contributed by atoms with Gasteiger partial charge < -0.3 is 10.4 Å². The van der Waals surface area contributed by atoms with Crippen molar-refractivity contribution in [3.63, 3.8) is 0 Å². The van der Waals surface area contributed by atoms with Gasteiger partial charge in [0.1, 0.15) is 5.82 Å². The summed E-state index contributed by atoms with van der Waals surface area (Å²) in [7, 11) is 0. The van der Waals surface area contributed by atoms with E-state index in [9.17, 15) is 9.59 Å². The summed E-state index contributed by atoms with van der Waals surface area (Å²) in [6.45, 7) is 5.83. The highest BCUT2D eigenvalue weighted by Gasteiger charge is 2.21. The van der Waals surface area contributed by atoms with Gasteiger partial charge in [0.05, 0.1) is 19.2 Å². The first-order chi connectivity index (χ1) is 10.8. The molecular weight excluding hydrogens is 296 g/mol. The first-order valence-corrected chi connectivity index (χ1v) is 7.28. The van der Waals surface area contributed by atoms with E-state index in [4.69, 9.17) is 5.11 Å². The first kappa shape index (κ1) is 16.7. The van der Waals surface area contributed by atoms with Crippen LogP contribution in [-0.4, -0.2) is 31.7 Å². The van der Waals surface area contributed by atoms with Gasteiger partial charge in [-0.25, -0.2) is 4.98 Å². The fourth-order valence-corrected chi connectivity index (χ4v) is 1.79. The molecule has 7 heteroatoms. The molecule has 2 N–H and O–H groups in total. The summed E-state index contributed by atoms with van der Waals surface area (Å²) in [6, 6.07) is 3.57. The number of amides is 1. The number of hydrogen-bond acceptors (Lipinski definition) is 4. The lowest BCUT2D eigenvalue weighted by Crippen LogP contribution is -2.27. The number of rotatable bonds is 5. The number of nitrogens with zero attached hydrogens (tertiary/aromatic N) is 3. The van der Waals surface area contributed by atoms with E-state index < -0.39 is 11.4 Å². The topological polar surface area (TPSA) is 97.1 Å². The fraction of sp³-hybridized carbons (Fsp3) is 0.375. The molecule has 0 radical (unpaired) electrons. The Morgan fingerprint density at radius 2 is 1.96 bits per heavy atom. The summed E-state index contributed by atoms with van der Waals surface area (Å²) in [6.07, 6.45) is 5.10. The highest BCUT2D eigenvalue weighted by Crippen LogP contribution is 2.20. The van der Waals surface area contributed by atoms with Crippen LogP contribution in [-0.2, 0) is 16.1 Å². The molecule has 2 rings (SSSR count). The van der Waals surface area contributed by atoms with Crippen molar-refractivity contribution >= 4 is 17.7 Å². The number of aliphatic carboxylic acids is 1. The van der Waals surface area contributed by atoms with Gasteiger partial charge in [-0.3, -0.25) is 14.3 Å². The Balaban J connectivity index is 2.05. The average Bonchev–Trinajstić information content (AvgIpc) is 2.94. The van der Waals surface area contributed by atoms with Crippen molar-refractivity contribution < 1.29 is 14.7 Å². The van der Waals surface area contributed by atoms with Crippen LogP contribution >= 0.6 is 0 Å². The van der Waals surface area contributed by atoms with Crippen molar-refractivity contribution in [1.82, 2.24) is 14.8 Å². The fourth-order valence-electron chi connectivity index (χ4n) is 1.79. The second-order valence-electron chi connectivity index (χ2n) is 6.27. The lowest BCUT2D eigenvalue weighted by molar-refractivity contribution is -0.137. The molecule has 0 aliphatic rings. The maximum absolute atomic E-state index is 11.9. The normalized spacial score (nSPS) is 11.3. The zero-order valence-corrected chi connectivity index (χ0v) is 13.4. The van der Waals surface area contributed by atoms with Gasteiger partial charge in [-0.05, 0) is 12.1 Å². The number of aryl methyl sites for hydroxylation is 1. The molecule has 2 heterocycles. The van der Waals surface area contributed by atoms with Crippen molar-refractivity contribution in [2.75, 3.05) is 5.32 Å². The van der Waals surface area contributed by atoms with Crippen LogP contribution in [0.4, 0.5) is 5.82 Å². The number of hydrogen-bond donors (Lipinski definition) is 2. The Bertz CT molecular complexity index is 699. The number of carbonyl (C=O) groups is 2. The number of pyridine rings is 1. The summed E-state index contributed by atoms with van der Waals surface area (Å²) < 4.78 is 1.58. The Kier molecular flexibility index (Phi) is 4.78. The van der Waals surface area contributed by atoms with Gasteiger partial charge in [-0.2, -0.15) is 5.10 Å². The van der Waals surface area contributed by atoms with Crippen molar-refractivity contribution in [1.29, 1.82) is 0 Å². The standard InChI is InChI=1S/C16H20N4O3/c1-16(2,3)15(23)19-13-5-4-11(8-17-13)12-9-18-20(10-12)7-6-14(21)22/h4-5,8-10H,6-7H2,1-3H3,(H,21,22)(H,17,19,23). The minimum absolute atomic E-state index is 0.0249. The molecule has 23 heavy (non-hydrogen) atoms. The number of carbonyl (C=O) groups excluding carboxylic acids is 1. The zero-order valence-electron chi connectivity index (χ0n) is 13.4. The van der Waals surface area contributed by atoms with Gasteiger partial charge in [0.25, 0.3) is 0 Å². The SMILES string of the molecule is CC(C)(C)C(=O)Nc1ccc(-c2cnn(CCC(=O)O)c2)cn1. The highest BCUT2D eigenvalue weighted by atomic mass is 16.4. The molecule has 0 aliphatic carbocycles. The molecule has 1 amide bonds. The minimum atomic E-state index is -0.859. The Hall–Kier alpha value is -2.70. The smallest absolute Gasteiger partial charge is 0.305 e. The summed E-state index contributed by atoms with van der Waals surface area (Å²) >= 11 is 0. The van der Waals surface area contributed by atoms with E-state index in [0.717, 1.165) is 11.1 Å². The van der Waals surface area contributed by atoms with E-state index in [1.165, 1.54) is 0 Å². The van der Waals surface area contributed by atoms with E-state index in [0.29, 0.717) is 12.4 Å². The third kappa shape index (κ3) is 4.64. The predicted octanol–water partition coefficient (Wildman–Crippen LogP) is 2.40. The Labute approximate surface area is 134 Å². The largest absolute Gasteiger partial charge is 0.481 e. The molecule has 0 aliphatic heterocycles. The average molecular weight is 316 g/mol. The van der Waals surface area contributed by atoms with Crippen molar-refractivity contribution in [2.24, 2.45) is 5.41 Å². The van der Waals surface area contributed by atoms with Crippen molar-refractivity contribution in [2.45, 2.75) is 33.7 Å². The van der Waals surface area contributed by atoms with Gasteiger partial charge in [-0.15, -0.1) is 0 Å². The molecule has 122 valence electrons. The van der Waals surface area contributed by atoms with Crippen LogP contribution in [0.1, 0.15) is 27.2 Å². The molecule has 7 nitrogen and oxygen atoms in total. The Morgan fingerprint density at radius 3 is 2.52 bits per heavy atom. The summed E-state index contributed by atoms with van der Waals surface area (Å²) in [5, 5.41) is 15.6. The van der Waals surface area contributed by atoms with Crippen LogP contribution in [0.5, 0.6) is 0 Å². The van der Waals surface area contributed by atoms with Crippen LogP contribution in [0.25, 0.3) is 11.1 Å². The third-order valence-electron chi connectivity index (χ3n) is 3.21. The van der Waals surface area contributed by atoms with Crippen LogP contribution in [0.2, 0.25) is 0 Å². The summed E-state index contributed by atoms with van der Waals surface area (Å²) in [5.74, 6) is -0.464. The molecule has 0 unspecified atom stereocenters. The molecule has 2 aromatic heterocycles.